The number of hydrogen-bond acceptors (Lipinski definition) is 3. The molecule has 3 unspecified atom stereocenters. The SMILES string of the molecule is COC1CN(C(=O)NC(C)CCCC(=O)O)CCC1C. The summed E-state index contributed by atoms with van der Waals surface area (Å²) in [6, 6.07) is -0.0935. The van der Waals surface area contributed by atoms with Crippen molar-refractivity contribution in [2.45, 2.75) is 51.7 Å². The van der Waals surface area contributed by atoms with E-state index in [-0.39, 0.29) is 24.6 Å². The van der Waals surface area contributed by atoms with E-state index in [2.05, 4.69) is 12.2 Å². The molecule has 6 heteroatoms. The van der Waals surface area contributed by atoms with Crippen molar-refractivity contribution < 1.29 is 19.4 Å². The van der Waals surface area contributed by atoms with Crippen LogP contribution in [-0.4, -0.2) is 54.4 Å². The Hall–Kier alpha value is -1.30. The topological polar surface area (TPSA) is 78.9 Å². The number of carboxylic acid groups (broad SMARTS) is 1. The van der Waals surface area contributed by atoms with Crippen molar-refractivity contribution in [1.82, 2.24) is 10.2 Å². The van der Waals surface area contributed by atoms with Gasteiger partial charge in [-0.25, -0.2) is 4.79 Å². The molecule has 2 N–H and O–H groups in total. The molecule has 20 heavy (non-hydrogen) atoms. The average Bonchev–Trinajstić information content (AvgIpc) is 2.38. The van der Waals surface area contributed by atoms with E-state index in [9.17, 15) is 9.59 Å². The molecule has 0 aromatic rings. The molecule has 0 spiro atoms. The molecule has 3 atom stereocenters. The summed E-state index contributed by atoms with van der Waals surface area (Å²) in [4.78, 5) is 24.3. The third kappa shape index (κ3) is 5.36. The molecule has 1 fully saturated rings. The monoisotopic (exact) mass is 286 g/mol. The number of carbonyl (C=O) groups excluding carboxylic acids is 1. The lowest BCUT2D eigenvalue weighted by Gasteiger charge is -2.36. The number of likely N-dealkylation sites (tertiary alicyclic amines) is 1. The van der Waals surface area contributed by atoms with Gasteiger partial charge in [0, 0.05) is 32.7 Å². The van der Waals surface area contributed by atoms with Gasteiger partial charge in [0.25, 0.3) is 0 Å². The summed E-state index contributed by atoms with van der Waals surface area (Å²) in [6.07, 6.45) is 2.44. The Labute approximate surface area is 120 Å². The molecule has 2 amide bonds. The number of nitrogens with zero attached hydrogens (tertiary/aromatic N) is 1. The summed E-state index contributed by atoms with van der Waals surface area (Å²) in [6.45, 7) is 5.40. The predicted molar refractivity (Wildman–Crippen MR) is 75.6 cm³/mol. The summed E-state index contributed by atoms with van der Waals surface area (Å²) in [5.41, 5.74) is 0. The average molecular weight is 286 g/mol. The lowest BCUT2D eigenvalue weighted by molar-refractivity contribution is -0.137. The minimum absolute atomic E-state index is 0.0119. The Kier molecular flexibility index (Phi) is 6.78. The van der Waals surface area contributed by atoms with Crippen LogP contribution in [0.2, 0.25) is 0 Å². The zero-order valence-electron chi connectivity index (χ0n) is 12.6. The molecule has 1 aliphatic heterocycles. The highest BCUT2D eigenvalue weighted by molar-refractivity contribution is 5.74. The molecule has 0 aromatic heterocycles. The highest BCUT2D eigenvalue weighted by Gasteiger charge is 2.29. The highest BCUT2D eigenvalue weighted by Crippen LogP contribution is 2.19. The van der Waals surface area contributed by atoms with E-state index < -0.39 is 5.97 Å². The fourth-order valence-electron chi connectivity index (χ4n) is 2.46. The number of ether oxygens (including phenoxy) is 1. The first kappa shape index (κ1) is 16.8. The van der Waals surface area contributed by atoms with E-state index in [1.165, 1.54) is 0 Å². The molecule has 6 nitrogen and oxygen atoms in total. The van der Waals surface area contributed by atoms with Crippen LogP contribution in [-0.2, 0) is 9.53 Å². The van der Waals surface area contributed by atoms with E-state index in [4.69, 9.17) is 9.84 Å². The maximum Gasteiger partial charge on any atom is 0.317 e. The number of hydrogen-bond donors (Lipinski definition) is 2. The Morgan fingerprint density at radius 1 is 1.50 bits per heavy atom. The quantitative estimate of drug-likeness (QED) is 0.779. The summed E-state index contributed by atoms with van der Waals surface area (Å²) in [7, 11) is 1.68. The maximum atomic E-state index is 12.1. The van der Waals surface area contributed by atoms with Crippen LogP contribution in [0.5, 0.6) is 0 Å². The Morgan fingerprint density at radius 3 is 2.80 bits per heavy atom. The number of carboxylic acids is 1. The van der Waals surface area contributed by atoms with Crippen LogP contribution in [0.3, 0.4) is 0 Å². The van der Waals surface area contributed by atoms with Gasteiger partial charge in [-0.1, -0.05) is 6.92 Å². The van der Waals surface area contributed by atoms with Crippen molar-refractivity contribution in [2.75, 3.05) is 20.2 Å². The molecular formula is C14H26N2O4. The van der Waals surface area contributed by atoms with Gasteiger partial charge in [0.1, 0.15) is 0 Å². The van der Waals surface area contributed by atoms with Crippen molar-refractivity contribution in [1.29, 1.82) is 0 Å². The maximum absolute atomic E-state index is 12.1. The summed E-state index contributed by atoms with van der Waals surface area (Å²) in [5.74, 6) is -0.325. The van der Waals surface area contributed by atoms with Crippen molar-refractivity contribution in [3.8, 4) is 0 Å². The van der Waals surface area contributed by atoms with Crippen LogP contribution in [0, 0.1) is 5.92 Å². The van der Waals surface area contributed by atoms with Gasteiger partial charge < -0.3 is 20.1 Å². The molecule has 1 heterocycles. The number of rotatable bonds is 6. The van der Waals surface area contributed by atoms with Crippen molar-refractivity contribution >= 4 is 12.0 Å². The Morgan fingerprint density at radius 2 is 2.20 bits per heavy atom. The minimum Gasteiger partial charge on any atom is -0.481 e. The van der Waals surface area contributed by atoms with Gasteiger partial charge >= 0.3 is 12.0 Å². The number of carbonyl (C=O) groups is 2. The van der Waals surface area contributed by atoms with Crippen LogP contribution >= 0.6 is 0 Å². The zero-order chi connectivity index (χ0) is 15.1. The standard InChI is InChI=1S/C14H26N2O4/c1-10-7-8-16(9-12(10)20-3)14(19)15-11(2)5-4-6-13(17)18/h10-12H,4-9H2,1-3H3,(H,15,19)(H,17,18). The highest BCUT2D eigenvalue weighted by atomic mass is 16.5. The Bertz CT molecular complexity index is 335. The second-order valence-electron chi connectivity index (χ2n) is 5.62. The number of piperidine rings is 1. The number of aliphatic carboxylic acids is 1. The van der Waals surface area contributed by atoms with E-state index in [0.717, 1.165) is 13.0 Å². The smallest absolute Gasteiger partial charge is 0.317 e. The van der Waals surface area contributed by atoms with Crippen LogP contribution < -0.4 is 5.32 Å². The fourth-order valence-corrected chi connectivity index (χ4v) is 2.46. The van der Waals surface area contributed by atoms with Crippen molar-refractivity contribution in [3.05, 3.63) is 0 Å². The molecule has 1 saturated heterocycles. The molecule has 1 aliphatic rings. The largest absolute Gasteiger partial charge is 0.481 e. The first-order valence-electron chi connectivity index (χ1n) is 7.24. The van der Waals surface area contributed by atoms with Gasteiger partial charge in [-0.05, 0) is 32.1 Å². The van der Waals surface area contributed by atoms with Crippen LogP contribution in [0.15, 0.2) is 0 Å². The second kappa shape index (κ2) is 8.09. The molecule has 0 aromatic carbocycles. The first-order valence-corrected chi connectivity index (χ1v) is 7.24. The van der Waals surface area contributed by atoms with Gasteiger partial charge in [-0.15, -0.1) is 0 Å². The van der Waals surface area contributed by atoms with Gasteiger partial charge in [-0.2, -0.15) is 0 Å². The van der Waals surface area contributed by atoms with E-state index in [1.54, 1.807) is 12.0 Å². The predicted octanol–water partition coefficient (Wildman–Crippen LogP) is 1.70. The fraction of sp³-hybridized carbons (Fsp3) is 0.857. The van der Waals surface area contributed by atoms with Crippen molar-refractivity contribution in [2.24, 2.45) is 5.92 Å². The molecule has 0 aliphatic carbocycles. The molecular weight excluding hydrogens is 260 g/mol. The molecule has 0 bridgehead atoms. The third-order valence-corrected chi connectivity index (χ3v) is 3.88. The van der Waals surface area contributed by atoms with Gasteiger partial charge in [0.05, 0.1) is 6.10 Å². The van der Waals surface area contributed by atoms with Crippen LogP contribution in [0.25, 0.3) is 0 Å². The van der Waals surface area contributed by atoms with E-state index in [1.807, 2.05) is 6.92 Å². The number of methoxy groups -OCH3 is 1. The summed E-state index contributed by atoms with van der Waals surface area (Å²) in [5, 5.41) is 11.5. The van der Waals surface area contributed by atoms with Crippen molar-refractivity contribution in [3.63, 3.8) is 0 Å². The normalized spacial score (nSPS) is 24.2. The van der Waals surface area contributed by atoms with Gasteiger partial charge in [0.2, 0.25) is 0 Å². The molecule has 0 radical (unpaired) electrons. The molecule has 1 rings (SSSR count). The summed E-state index contributed by atoms with van der Waals surface area (Å²) < 4.78 is 5.39. The van der Waals surface area contributed by atoms with Crippen LogP contribution in [0.1, 0.15) is 39.5 Å². The third-order valence-electron chi connectivity index (χ3n) is 3.88. The number of nitrogens with one attached hydrogen (secondary N) is 1. The van der Waals surface area contributed by atoms with Gasteiger partial charge in [0.15, 0.2) is 0 Å². The molecule has 116 valence electrons. The van der Waals surface area contributed by atoms with Gasteiger partial charge in [-0.3, -0.25) is 4.79 Å². The second-order valence-corrected chi connectivity index (χ2v) is 5.62. The number of amides is 2. The number of urea groups is 1. The molecule has 0 saturated carbocycles. The lowest BCUT2D eigenvalue weighted by Crippen LogP contribution is -2.51. The first-order chi connectivity index (χ1) is 9.43. The van der Waals surface area contributed by atoms with E-state index in [0.29, 0.717) is 25.3 Å². The summed E-state index contributed by atoms with van der Waals surface area (Å²) >= 11 is 0. The zero-order valence-corrected chi connectivity index (χ0v) is 12.6. The van der Waals surface area contributed by atoms with E-state index >= 15 is 0 Å². The minimum atomic E-state index is -0.795. The lowest BCUT2D eigenvalue weighted by atomic mass is 9.96. The van der Waals surface area contributed by atoms with Crippen LogP contribution in [0.4, 0.5) is 4.79 Å². The Balaban J connectivity index is 2.32.